The Morgan fingerprint density at radius 3 is 2.15 bits per heavy atom. The van der Waals surface area contributed by atoms with Gasteiger partial charge in [0.25, 0.3) is 15.9 Å². The van der Waals surface area contributed by atoms with Crippen LogP contribution in [0.4, 0.5) is 18.9 Å². The Hall–Kier alpha value is -2.55. The number of hydrogen-bond acceptors (Lipinski definition) is 3. The molecule has 2 rings (SSSR count). The van der Waals surface area contributed by atoms with Gasteiger partial charge in [0.05, 0.1) is 10.5 Å². The van der Waals surface area contributed by atoms with Gasteiger partial charge in [0.2, 0.25) is 0 Å². The summed E-state index contributed by atoms with van der Waals surface area (Å²) in [7, 11) is -4.07. The van der Waals surface area contributed by atoms with Gasteiger partial charge >= 0.3 is 6.18 Å². The molecule has 2 N–H and O–H groups in total. The number of hydrogen-bond donors (Lipinski definition) is 2. The van der Waals surface area contributed by atoms with Gasteiger partial charge in [0.15, 0.2) is 0 Å². The van der Waals surface area contributed by atoms with E-state index in [4.69, 9.17) is 0 Å². The molecule has 0 aromatic heterocycles. The predicted octanol–water partition coefficient (Wildman–Crippen LogP) is 3.95. The average Bonchev–Trinajstić information content (AvgIpc) is 2.53. The fourth-order valence-corrected chi connectivity index (χ4v) is 3.38. The number of sulfonamides is 1. The molecule has 0 aliphatic carbocycles. The molecule has 0 bridgehead atoms. The van der Waals surface area contributed by atoms with E-state index in [1.165, 1.54) is 18.2 Å². The first-order valence-electron chi connectivity index (χ1n) is 8.02. The molecule has 0 atom stereocenters. The lowest BCUT2D eigenvalue weighted by atomic mass is 10.1. The van der Waals surface area contributed by atoms with E-state index in [0.29, 0.717) is 5.56 Å². The van der Waals surface area contributed by atoms with E-state index >= 15 is 0 Å². The van der Waals surface area contributed by atoms with Crippen molar-refractivity contribution in [3.8, 4) is 0 Å². The molecule has 27 heavy (non-hydrogen) atoms. The fraction of sp³-hybridized carbons (Fsp3) is 0.278. The zero-order valence-electron chi connectivity index (χ0n) is 14.9. The highest BCUT2D eigenvalue weighted by Gasteiger charge is 2.30. The van der Waals surface area contributed by atoms with Gasteiger partial charge in [-0.05, 0) is 62.7 Å². The van der Waals surface area contributed by atoms with Crippen molar-refractivity contribution in [2.45, 2.75) is 37.9 Å². The van der Waals surface area contributed by atoms with Crippen LogP contribution >= 0.6 is 0 Å². The molecule has 0 fully saturated rings. The lowest BCUT2D eigenvalue weighted by Crippen LogP contribution is -2.30. The number of anilines is 1. The average molecular weight is 400 g/mol. The minimum Gasteiger partial charge on any atom is -0.350 e. The molecular weight excluding hydrogens is 381 g/mol. The summed E-state index contributed by atoms with van der Waals surface area (Å²) in [4.78, 5) is 12.0. The summed E-state index contributed by atoms with van der Waals surface area (Å²) >= 11 is 0. The molecule has 0 saturated carbocycles. The highest BCUT2D eigenvalue weighted by molar-refractivity contribution is 7.92. The first-order chi connectivity index (χ1) is 12.4. The van der Waals surface area contributed by atoms with Gasteiger partial charge in [0.1, 0.15) is 0 Å². The van der Waals surface area contributed by atoms with E-state index in [9.17, 15) is 26.4 Å². The molecule has 0 saturated heterocycles. The maximum atomic E-state index is 12.6. The monoisotopic (exact) mass is 400 g/mol. The molecule has 1 amide bonds. The Balaban J connectivity index is 2.30. The van der Waals surface area contributed by atoms with Crippen LogP contribution in [0.15, 0.2) is 47.4 Å². The third-order valence-electron chi connectivity index (χ3n) is 3.65. The Morgan fingerprint density at radius 2 is 1.63 bits per heavy atom. The SMILES string of the molecule is Cc1ccc(S(=O)(=O)Nc2ccc(C(F)(F)F)cc2)cc1C(=O)NC(C)C. The molecule has 0 radical (unpaired) electrons. The maximum Gasteiger partial charge on any atom is 0.416 e. The fourth-order valence-electron chi connectivity index (χ4n) is 2.29. The van der Waals surface area contributed by atoms with Gasteiger partial charge in [-0.3, -0.25) is 9.52 Å². The van der Waals surface area contributed by atoms with Gasteiger partial charge < -0.3 is 5.32 Å². The minimum atomic E-state index is -4.51. The summed E-state index contributed by atoms with van der Waals surface area (Å²) in [6.45, 7) is 5.23. The highest BCUT2D eigenvalue weighted by atomic mass is 32.2. The van der Waals surface area contributed by atoms with Crippen molar-refractivity contribution >= 4 is 21.6 Å². The molecule has 0 unspecified atom stereocenters. The largest absolute Gasteiger partial charge is 0.416 e. The van der Waals surface area contributed by atoms with E-state index in [1.54, 1.807) is 20.8 Å². The lowest BCUT2D eigenvalue weighted by molar-refractivity contribution is -0.137. The van der Waals surface area contributed by atoms with Crippen molar-refractivity contribution in [3.05, 3.63) is 59.2 Å². The predicted molar refractivity (Wildman–Crippen MR) is 96.0 cm³/mol. The third kappa shape index (κ3) is 5.22. The van der Waals surface area contributed by atoms with Crippen LogP contribution in [-0.4, -0.2) is 20.4 Å². The Kier molecular flexibility index (Phi) is 5.84. The second-order valence-corrected chi connectivity index (χ2v) is 7.97. The quantitative estimate of drug-likeness (QED) is 0.798. The molecule has 0 heterocycles. The zero-order valence-corrected chi connectivity index (χ0v) is 15.7. The van der Waals surface area contributed by atoms with E-state index in [-0.39, 0.29) is 22.2 Å². The summed E-state index contributed by atoms with van der Waals surface area (Å²) in [6, 6.07) is 7.57. The molecule has 9 heteroatoms. The first kappa shape index (κ1) is 20.8. The molecule has 0 aliphatic rings. The van der Waals surface area contributed by atoms with Crippen molar-refractivity contribution in [1.82, 2.24) is 5.32 Å². The van der Waals surface area contributed by atoms with Gasteiger partial charge in [0, 0.05) is 17.3 Å². The first-order valence-corrected chi connectivity index (χ1v) is 9.50. The number of rotatable bonds is 5. The van der Waals surface area contributed by atoms with Crippen LogP contribution in [-0.2, 0) is 16.2 Å². The Bertz CT molecular complexity index is 937. The van der Waals surface area contributed by atoms with E-state index in [0.717, 1.165) is 24.3 Å². The Labute approximate surface area is 155 Å². The lowest BCUT2D eigenvalue weighted by Gasteiger charge is -2.13. The summed E-state index contributed by atoms with van der Waals surface area (Å²) in [5.74, 6) is -0.408. The second-order valence-electron chi connectivity index (χ2n) is 6.29. The van der Waals surface area contributed by atoms with Crippen LogP contribution in [0.5, 0.6) is 0 Å². The van der Waals surface area contributed by atoms with Crippen LogP contribution in [0.2, 0.25) is 0 Å². The van der Waals surface area contributed by atoms with Crippen molar-refractivity contribution in [2.75, 3.05) is 4.72 Å². The smallest absolute Gasteiger partial charge is 0.350 e. The van der Waals surface area contributed by atoms with Crippen LogP contribution in [0.25, 0.3) is 0 Å². The highest BCUT2D eigenvalue weighted by Crippen LogP contribution is 2.30. The van der Waals surface area contributed by atoms with Crippen LogP contribution in [0.3, 0.4) is 0 Å². The molecule has 146 valence electrons. The number of benzene rings is 2. The second kappa shape index (κ2) is 7.59. The molecule has 5 nitrogen and oxygen atoms in total. The summed E-state index contributed by atoms with van der Waals surface area (Å²) in [6.07, 6.45) is -4.51. The van der Waals surface area contributed by atoms with E-state index in [1.807, 2.05) is 0 Å². The normalized spacial score (nSPS) is 12.1. The van der Waals surface area contributed by atoms with Crippen LogP contribution in [0, 0.1) is 6.92 Å². The Morgan fingerprint density at radius 1 is 1.04 bits per heavy atom. The number of halogens is 3. The summed E-state index contributed by atoms with van der Waals surface area (Å²) in [5.41, 5.74) is -0.0918. The number of aryl methyl sites for hydroxylation is 1. The van der Waals surface area contributed by atoms with Gasteiger partial charge in [-0.1, -0.05) is 6.07 Å². The summed E-state index contributed by atoms with van der Waals surface area (Å²) in [5, 5.41) is 2.69. The standard InChI is InChI=1S/C18H19F3N2O3S/c1-11(2)22-17(24)16-10-15(9-4-12(16)3)27(25,26)23-14-7-5-13(6-8-14)18(19,20)21/h4-11,23H,1-3H3,(H,22,24). The number of nitrogens with one attached hydrogen (secondary N) is 2. The summed E-state index contributed by atoms with van der Waals surface area (Å²) < 4.78 is 65.0. The van der Waals surface area contributed by atoms with Gasteiger partial charge in [-0.25, -0.2) is 8.42 Å². The van der Waals surface area contributed by atoms with E-state index < -0.39 is 27.7 Å². The third-order valence-corrected chi connectivity index (χ3v) is 5.03. The molecule has 0 aliphatic heterocycles. The van der Waals surface area contributed by atoms with Crippen molar-refractivity contribution in [2.24, 2.45) is 0 Å². The minimum absolute atomic E-state index is 0.0169. The molecular formula is C18H19F3N2O3S. The molecule has 0 spiro atoms. The number of alkyl halides is 3. The molecule has 2 aromatic carbocycles. The van der Waals surface area contributed by atoms with E-state index in [2.05, 4.69) is 10.0 Å². The number of carbonyl (C=O) groups excluding carboxylic acids is 1. The molecule has 2 aromatic rings. The van der Waals surface area contributed by atoms with Crippen molar-refractivity contribution < 1.29 is 26.4 Å². The van der Waals surface area contributed by atoms with Crippen molar-refractivity contribution in [1.29, 1.82) is 0 Å². The van der Waals surface area contributed by atoms with Crippen LogP contribution in [0.1, 0.15) is 35.3 Å². The maximum absolute atomic E-state index is 12.6. The topological polar surface area (TPSA) is 75.3 Å². The number of carbonyl (C=O) groups is 1. The van der Waals surface area contributed by atoms with Crippen LogP contribution < -0.4 is 10.0 Å². The zero-order chi connectivity index (χ0) is 20.4. The number of amides is 1. The van der Waals surface area contributed by atoms with Gasteiger partial charge in [-0.15, -0.1) is 0 Å². The van der Waals surface area contributed by atoms with Crippen molar-refractivity contribution in [3.63, 3.8) is 0 Å². The van der Waals surface area contributed by atoms with Gasteiger partial charge in [-0.2, -0.15) is 13.2 Å².